The van der Waals surface area contributed by atoms with Crippen LogP contribution in [0.25, 0.3) is 12.2 Å². The average Bonchev–Trinajstić information content (AvgIpc) is 2.76. The van der Waals surface area contributed by atoms with E-state index < -0.39 is 0 Å². The molecule has 1 aliphatic carbocycles. The summed E-state index contributed by atoms with van der Waals surface area (Å²) >= 11 is 0. The number of hydrogen-bond donors (Lipinski definition) is 0. The molecular formula is C25H28O5. The van der Waals surface area contributed by atoms with E-state index in [0.717, 1.165) is 33.8 Å². The van der Waals surface area contributed by atoms with Crippen LogP contribution in [0.15, 0.2) is 47.5 Å². The number of benzene rings is 2. The number of carbonyl (C=O) groups is 1. The van der Waals surface area contributed by atoms with E-state index in [9.17, 15) is 4.79 Å². The van der Waals surface area contributed by atoms with Crippen LogP contribution >= 0.6 is 0 Å². The highest BCUT2D eigenvalue weighted by Crippen LogP contribution is 2.36. The van der Waals surface area contributed by atoms with Crippen molar-refractivity contribution in [1.82, 2.24) is 0 Å². The number of rotatable bonds is 6. The zero-order chi connectivity index (χ0) is 21.7. The first-order chi connectivity index (χ1) is 14.5. The van der Waals surface area contributed by atoms with E-state index in [1.165, 1.54) is 0 Å². The third kappa shape index (κ3) is 4.67. The van der Waals surface area contributed by atoms with Crippen LogP contribution in [-0.4, -0.2) is 34.2 Å². The van der Waals surface area contributed by atoms with Crippen molar-refractivity contribution in [1.29, 1.82) is 0 Å². The number of Topliss-reactive ketones (excluding diaryl/α,β-unsaturated/α-hetero) is 1. The minimum atomic E-state index is 0.0443. The maximum atomic E-state index is 13.3. The first-order valence-corrected chi connectivity index (χ1v) is 9.89. The Bertz CT molecular complexity index is 910. The van der Waals surface area contributed by atoms with Gasteiger partial charge >= 0.3 is 0 Å². The predicted molar refractivity (Wildman–Crippen MR) is 118 cm³/mol. The lowest BCUT2D eigenvalue weighted by atomic mass is 9.80. The van der Waals surface area contributed by atoms with Gasteiger partial charge in [0.25, 0.3) is 0 Å². The summed E-state index contributed by atoms with van der Waals surface area (Å²) in [6.07, 6.45) is 5.25. The summed E-state index contributed by atoms with van der Waals surface area (Å²) < 4.78 is 21.6. The smallest absolute Gasteiger partial charge is 0.185 e. The molecular weight excluding hydrogens is 380 g/mol. The van der Waals surface area contributed by atoms with Crippen LogP contribution in [0.5, 0.6) is 23.0 Å². The minimum absolute atomic E-state index is 0.0443. The van der Waals surface area contributed by atoms with E-state index in [-0.39, 0.29) is 5.78 Å². The second-order valence-electron chi connectivity index (χ2n) is 7.40. The van der Waals surface area contributed by atoms with E-state index in [4.69, 9.17) is 18.9 Å². The number of hydrogen-bond acceptors (Lipinski definition) is 5. The minimum Gasteiger partial charge on any atom is -0.497 e. The summed E-state index contributed by atoms with van der Waals surface area (Å²) in [4.78, 5) is 13.3. The zero-order valence-corrected chi connectivity index (χ0v) is 18.2. The van der Waals surface area contributed by atoms with Crippen molar-refractivity contribution in [2.45, 2.75) is 19.8 Å². The lowest BCUT2D eigenvalue weighted by molar-refractivity contribution is -0.113. The molecule has 0 aromatic heterocycles. The molecule has 0 aliphatic heterocycles. The van der Waals surface area contributed by atoms with Gasteiger partial charge in [-0.05, 0) is 67.3 Å². The van der Waals surface area contributed by atoms with E-state index in [1.807, 2.05) is 48.6 Å². The number of ketones is 1. The van der Waals surface area contributed by atoms with Gasteiger partial charge in [0.15, 0.2) is 5.78 Å². The lowest BCUT2D eigenvalue weighted by Crippen LogP contribution is -2.18. The van der Waals surface area contributed by atoms with Crippen molar-refractivity contribution in [3.05, 3.63) is 58.7 Å². The third-order valence-electron chi connectivity index (χ3n) is 5.25. The van der Waals surface area contributed by atoms with Crippen molar-refractivity contribution < 1.29 is 23.7 Å². The van der Waals surface area contributed by atoms with Gasteiger partial charge in [-0.2, -0.15) is 0 Å². The second kappa shape index (κ2) is 9.53. The molecule has 0 bridgehead atoms. The molecule has 2 aromatic rings. The fourth-order valence-corrected chi connectivity index (χ4v) is 3.74. The lowest BCUT2D eigenvalue weighted by Gasteiger charge is -2.23. The Morgan fingerprint density at radius 1 is 0.733 bits per heavy atom. The fourth-order valence-electron chi connectivity index (χ4n) is 3.74. The molecule has 1 fully saturated rings. The Morgan fingerprint density at radius 3 is 1.53 bits per heavy atom. The Labute approximate surface area is 177 Å². The highest BCUT2D eigenvalue weighted by atomic mass is 16.5. The van der Waals surface area contributed by atoms with Crippen molar-refractivity contribution >= 4 is 17.9 Å². The summed E-state index contributed by atoms with van der Waals surface area (Å²) in [6, 6.07) is 11.1. The second-order valence-corrected chi connectivity index (χ2v) is 7.40. The average molecular weight is 408 g/mol. The van der Waals surface area contributed by atoms with Gasteiger partial charge in [-0.1, -0.05) is 6.92 Å². The molecule has 3 rings (SSSR count). The zero-order valence-electron chi connectivity index (χ0n) is 18.2. The maximum Gasteiger partial charge on any atom is 0.185 e. The number of allylic oxidation sites excluding steroid dienone is 2. The predicted octanol–water partition coefficient (Wildman–Crippen LogP) is 5.19. The molecule has 0 saturated heterocycles. The number of ether oxygens (including phenoxy) is 4. The van der Waals surface area contributed by atoms with Crippen molar-refractivity contribution in [3.63, 3.8) is 0 Å². The summed E-state index contributed by atoms with van der Waals surface area (Å²) in [7, 11) is 6.48. The Morgan fingerprint density at radius 2 is 1.17 bits per heavy atom. The van der Waals surface area contributed by atoms with E-state index in [2.05, 4.69) is 6.92 Å². The first kappa shape index (κ1) is 21.5. The van der Waals surface area contributed by atoms with Crippen molar-refractivity contribution in [3.8, 4) is 23.0 Å². The molecule has 0 spiro atoms. The van der Waals surface area contributed by atoms with Crippen LogP contribution in [0.1, 0.15) is 30.9 Å². The van der Waals surface area contributed by atoms with Gasteiger partial charge in [0.05, 0.1) is 28.4 Å². The van der Waals surface area contributed by atoms with E-state index >= 15 is 0 Å². The molecule has 1 saturated carbocycles. The number of carbonyl (C=O) groups excluding carboxylic acids is 1. The Kier molecular flexibility index (Phi) is 6.83. The molecule has 5 heteroatoms. The molecule has 0 heterocycles. The maximum absolute atomic E-state index is 13.3. The monoisotopic (exact) mass is 408 g/mol. The fraction of sp³-hybridized carbons (Fsp3) is 0.320. The molecule has 1 aliphatic rings. The molecule has 0 radical (unpaired) electrons. The summed E-state index contributed by atoms with van der Waals surface area (Å²) in [5.74, 6) is 3.23. The largest absolute Gasteiger partial charge is 0.497 e. The van der Waals surface area contributed by atoms with Gasteiger partial charge in [0, 0.05) is 22.3 Å². The Balaban J connectivity index is 2.02. The van der Waals surface area contributed by atoms with E-state index in [1.54, 1.807) is 28.4 Å². The molecule has 30 heavy (non-hydrogen) atoms. The van der Waals surface area contributed by atoms with E-state index in [0.29, 0.717) is 30.3 Å². The van der Waals surface area contributed by atoms with Crippen LogP contribution < -0.4 is 18.9 Å². The van der Waals surface area contributed by atoms with Gasteiger partial charge in [-0.15, -0.1) is 0 Å². The van der Waals surface area contributed by atoms with Crippen LogP contribution in [0.3, 0.4) is 0 Å². The topological polar surface area (TPSA) is 54.0 Å². The molecule has 158 valence electrons. The Hall–Kier alpha value is -3.21. The molecule has 5 nitrogen and oxygen atoms in total. The molecule has 0 amide bonds. The first-order valence-electron chi connectivity index (χ1n) is 9.89. The van der Waals surface area contributed by atoms with Crippen LogP contribution in [-0.2, 0) is 4.79 Å². The van der Waals surface area contributed by atoms with Gasteiger partial charge in [0.2, 0.25) is 0 Å². The van der Waals surface area contributed by atoms with Crippen molar-refractivity contribution in [2.24, 2.45) is 5.92 Å². The van der Waals surface area contributed by atoms with Gasteiger partial charge in [-0.25, -0.2) is 0 Å². The quantitative estimate of drug-likeness (QED) is 0.616. The number of methoxy groups -OCH3 is 4. The van der Waals surface area contributed by atoms with Crippen LogP contribution in [0.4, 0.5) is 0 Å². The molecule has 0 atom stereocenters. The molecule has 2 aromatic carbocycles. The summed E-state index contributed by atoms with van der Waals surface area (Å²) in [5.41, 5.74) is 3.17. The van der Waals surface area contributed by atoms with Crippen molar-refractivity contribution in [2.75, 3.05) is 28.4 Å². The SMILES string of the molecule is COc1ccc(OC)c(/C=C2\CC(C)C/C(=C\c3cc(OC)ccc3OC)C2=O)c1. The third-order valence-corrected chi connectivity index (χ3v) is 5.25. The standard InChI is InChI=1S/C25H28O5/c1-16-10-19(12-17-14-21(27-2)6-8-23(17)29-4)25(26)20(11-16)13-18-15-22(28-3)7-9-24(18)30-5/h6-9,12-16H,10-11H2,1-5H3/b19-12+,20-13+. The van der Waals surface area contributed by atoms with Crippen LogP contribution in [0.2, 0.25) is 0 Å². The summed E-state index contributed by atoms with van der Waals surface area (Å²) in [6.45, 7) is 2.15. The van der Waals surface area contributed by atoms with Gasteiger partial charge < -0.3 is 18.9 Å². The van der Waals surface area contributed by atoms with Gasteiger partial charge in [0.1, 0.15) is 23.0 Å². The molecule has 0 unspecified atom stereocenters. The van der Waals surface area contributed by atoms with Crippen LogP contribution in [0, 0.1) is 5.92 Å². The molecule has 0 N–H and O–H groups in total. The normalized spacial score (nSPS) is 19.1. The summed E-state index contributed by atoms with van der Waals surface area (Å²) in [5, 5.41) is 0. The highest BCUT2D eigenvalue weighted by molar-refractivity contribution is 6.14. The van der Waals surface area contributed by atoms with Gasteiger partial charge in [-0.3, -0.25) is 4.79 Å². The highest BCUT2D eigenvalue weighted by Gasteiger charge is 2.26.